The van der Waals surface area contributed by atoms with E-state index in [4.69, 9.17) is 0 Å². The zero-order valence-corrected chi connectivity index (χ0v) is 5.58. The molecular weight excluding hydrogens is 105 g/mol. The third kappa shape index (κ3) is 5.89. The van der Waals surface area contributed by atoms with Crippen LogP contribution in [0.25, 0.3) is 0 Å². The molecule has 0 heterocycles. The largest absolute Gasteiger partial charge is 0.320 e. The Hall–Kier alpha value is -0.110. The van der Waals surface area contributed by atoms with Gasteiger partial charge in [0.1, 0.15) is 0 Å². The molecule has 0 aromatic rings. The molecule has 0 radical (unpaired) electrons. The fraction of sp³-hybridized carbons (Fsp3) is 1.00. The van der Waals surface area contributed by atoms with E-state index in [0.717, 1.165) is 13.0 Å². The van der Waals surface area contributed by atoms with Crippen molar-refractivity contribution in [2.45, 2.75) is 25.9 Å². The van der Waals surface area contributed by atoms with Gasteiger partial charge in [-0.2, -0.15) is 0 Å². The molecule has 50 valence electrons. The van der Waals surface area contributed by atoms with Gasteiger partial charge in [-0.05, 0) is 33.4 Å². The van der Waals surface area contributed by atoms with Crippen LogP contribution in [0.4, 0.5) is 4.39 Å². The summed E-state index contributed by atoms with van der Waals surface area (Å²) in [6.07, 6.45) is 0.984. The molecule has 0 fully saturated rings. The van der Waals surface area contributed by atoms with Crippen LogP contribution in [-0.2, 0) is 0 Å². The van der Waals surface area contributed by atoms with Crippen molar-refractivity contribution in [2.75, 3.05) is 13.6 Å². The van der Waals surface area contributed by atoms with E-state index < -0.39 is 6.17 Å². The van der Waals surface area contributed by atoms with Crippen LogP contribution < -0.4 is 5.32 Å². The third-order valence-electron chi connectivity index (χ3n) is 1.03. The number of hydrogen-bond donors (Lipinski definition) is 1. The van der Waals surface area contributed by atoms with Crippen molar-refractivity contribution < 1.29 is 4.39 Å². The molecule has 1 N–H and O–H groups in total. The van der Waals surface area contributed by atoms with Gasteiger partial charge in [-0.1, -0.05) is 0 Å². The summed E-state index contributed by atoms with van der Waals surface area (Å²) < 4.78 is 12.0. The lowest BCUT2D eigenvalue weighted by molar-refractivity contribution is 0.333. The van der Waals surface area contributed by atoms with E-state index >= 15 is 0 Å². The summed E-state index contributed by atoms with van der Waals surface area (Å²) in [6, 6.07) is 0. The molecule has 0 amide bonds. The first kappa shape index (κ1) is 7.89. The molecule has 0 rings (SSSR count). The molecule has 0 aliphatic carbocycles. The fourth-order valence-electron chi connectivity index (χ4n) is 0.560. The highest BCUT2D eigenvalue weighted by atomic mass is 19.1. The van der Waals surface area contributed by atoms with Crippen LogP contribution in [0, 0.1) is 0 Å². The predicted molar refractivity (Wildman–Crippen MR) is 33.7 cm³/mol. The first-order valence-corrected chi connectivity index (χ1v) is 3.06. The number of nitrogens with one attached hydrogen (secondary N) is 1. The summed E-state index contributed by atoms with van der Waals surface area (Å²) in [5.41, 5.74) is 0. The van der Waals surface area contributed by atoms with Crippen molar-refractivity contribution in [3.8, 4) is 0 Å². The molecule has 0 aliphatic heterocycles. The summed E-state index contributed by atoms with van der Waals surface area (Å²) in [7, 11) is 1.88. The molecule has 0 saturated carbocycles. The molecule has 0 unspecified atom stereocenters. The Morgan fingerprint density at radius 3 is 2.62 bits per heavy atom. The zero-order chi connectivity index (χ0) is 6.41. The Bertz CT molecular complexity index is 45.8. The number of hydrogen-bond acceptors (Lipinski definition) is 1. The van der Waals surface area contributed by atoms with Gasteiger partial charge in [-0.3, -0.25) is 0 Å². The van der Waals surface area contributed by atoms with E-state index in [-0.39, 0.29) is 0 Å². The maximum absolute atomic E-state index is 12.0. The Morgan fingerprint density at radius 2 is 2.25 bits per heavy atom. The fourth-order valence-corrected chi connectivity index (χ4v) is 0.560. The summed E-state index contributed by atoms with van der Waals surface area (Å²) in [6.45, 7) is 2.52. The van der Waals surface area contributed by atoms with Crippen molar-refractivity contribution in [3.05, 3.63) is 0 Å². The minimum atomic E-state index is -0.636. The molecule has 0 aromatic heterocycles. The molecule has 0 bridgehead atoms. The number of rotatable bonds is 4. The van der Waals surface area contributed by atoms with E-state index in [0.29, 0.717) is 6.42 Å². The lowest BCUT2D eigenvalue weighted by atomic mass is 10.2. The zero-order valence-electron chi connectivity index (χ0n) is 5.58. The van der Waals surface area contributed by atoms with E-state index in [1.54, 1.807) is 6.92 Å². The predicted octanol–water partition coefficient (Wildman–Crippen LogP) is 1.34. The molecular formula is C6H14FN. The number of alkyl halides is 1. The SMILES string of the molecule is CNCCC[C@@H](C)F. The van der Waals surface area contributed by atoms with E-state index in [1.165, 1.54) is 0 Å². The molecule has 1 nitrogen and oxygen atoms in total. The van der Waals surface area contributed by atoms with Gasteiger partial charge >= 0.3 is 0 Å². The van der Waals surface area contributed by atoms with Crippen molar-refractivity contribution in [1.82, 2.24) is 5.32 Å². The van der Waals surface area contributed by atoms with E-state index in [9.17, 15) is 4.39 Å². The highest BCUT2D eigenvalue weighted by Crippen LogP contribution is 1.97. The Kier molecular flexibility index (Phi) is 4.97. The second kappa shape index (κ2) is 5.04. The van der Waals surface area contributed by atoms with Gasteiger partial charge in [0.25, 0.3) is 0 Å². The Morgan fingerprint density at radius 1 is 1.62 bits per heavy atom. The molecule has 1 atom stereocenters. The molecule has 8 heavy (non-hydrogen) atoms. The summed E-state index contributed by atoms with van der Waals surface area (Å²) in [4.78, 5) is 0. The normalized spacial score (nSPS) is 13.9. The minimum absolute atomic E-state index is 0.636. The monoisotopic (exact) mass is 119 g/mol. The molecule has 0 saturated heterocycles. The topological polar surface area (TPSA) is 12.0 Å². The van der Waals surface area contributed by atoms with Gasteiger partial charge in [0.05, 0.1) is 6.17 Å². The lowest BCUT2D eigenvalue weighted by Gasteiger charge is -1.98. The van der Waals surface area contributed by atoms with Crippen molar-refractivity contribution >= 4 is 0 Å². The van der Waals surface area contributed by atoms with Crippen LogP contribution in [0.5, 0.6) is 0 Å². The van der Waals surface area contributed by atoms with Crippen LogP contribution in [0.15, 0.2) is 0 Å². The highest BCUT2D eigenvalue weighted by molar-refractivity contribution is 4.48. The van der Waals surface area contributed by atoms with Crippen molar-refractivity contribution in [3.63, 3.8) is 0 Å². The Labute approximate surface area is 50.3 Å². The van der Waals surface area contributed by atoms with Gasteiger partial charge in [-0.25, -0.2) is 4.39 Å². The smallest absolute Gasteiger partial charge is 0.0974 e. The van der Waals surface area contributed by atoms with Crippen molar-refractivity contribution in [1.29, 1.82) is 0 Å². The van der Waals surface area contributed by atoms with E-state index in [2.05, 4.69) is 5.32 Å². The van der Waals surface area contributed by atoms with Gasteiger partial charge in [0, 0.05) is 0 Å². The highest BCUT2D eigenvalue weighted by Gasteiger charge is 1.94. The second-order valence-electron chi connectivity index (χ2n) is 2.03. The Balaban J connectivity index is 2.72. The summed E-state index contributed by atoms with van der Waals surface area (Å²) >= 11 is 0. The maximum atomic E-state index is 12.0. The standard InChI is InChI=1S/C6H14FN/c1-6(7)4-3-5-8-2/h6,8H,3-5H2,1-2H3/t6-/m1/s1. The third-order valence-corrected chi connectivity index (χ3v) is 1.03. The summed E-state index contributed by atoms with van der Waals surface area (Å²) in [5, 5.41) is 2.96. The van der Waals surface area contributed by atoms with Gasteiger partial charge < -0.3 is 5.32 Å². The van der Waals surface area contributed by atoms with Crippen LogP contribution >= 0.6 is 0 Å². The molecule has 0 aliphatic rings. The average Bonchev–Trinajstić information content (AvgIpc) is 1.66. The average molecular weight is 119 g/mol. The summed E-state index contributed by atoms with van der Waals surface area (Å²) in [5.74, 6) is 0. The quantitative estimate of drug-likeness (QED) is 0.551. The first-order chi connectivity index (χ1) is 3.77. The van der Waals surface area contributed by atoms with Crippen molar-refractivity contribution in [2.24, 2.45) is 0 Å². The van der Waals surface area contributed by atoms with Gasteiger partial charge in [0.15, 0.2) is 0 Å². The van der Waals surface area contributed by atoms with Crippen LogP contribution in [0.2, 0.25) is 0 Å². The van der Waals surface area contributed by atoms with Crippen LogP contribution in [-0.4, -0.2) is 19.8 Å². The molecule has 0 aromatic carbocycles. The van der Waals surface area contributed by atoms with Crippen LogP contribution in [0.3, 0.4) is 0 Å². The lowest BCUT2D eigenvalue weighted by Crippen LogP contribution is -2.08. The van der Waals surface area contributed by atoms with Crippen LogP contribution in [0.1, 0.15) is 19.8 Å². The second-order valence-corrected chi connectivity index (χ2v) is 2.03. The molecule has 2 heteroatoms. The first-order valence-electron chi connectivity index (χ1n) is 3.06. The van der Waals surface area contributed by atoms with E-state index in [1.807, 2.05) is 7.05 Å². The minimum Gasteiger partial charge on any atom is -0.320 e. The molecule has 0 spiro atoms. The number of halogens is 1. The maximum Gasteiger partial charge on any atom is 0.0974 e. The van der Waals surface area contributed by atoms with Gasteiger partial charge in [-0.15, -0.1) is 0 Å². The van der Waals surface area contributed by atoms with Gasteiger partial charge in [0.2, 0.25) is 0 Å².